The van der Waals surface area contributed by atoms with Gasteiger partial charge in [0.25, 0.3) is 0 Å². The van der Waals surface area contributed by atoms with E-state index in [4.69, 9.17) is 5.73 Å². The van der Waals surface area contributed by atoms with Crippen LogP contribution in [0.1, 0.15) is 25.3 Å². The van der Waals surface area contributed by atoms with E-state index in [1.807, 2.05) is 18.2 Å². The Kier molecular flexibility index (Phi) is 4.26. The number of nitrogens with two attached hydrogens (primary N) is 1. The first kappa shape index (κ1) is 13.4. The molecule has 0 saturated carbocycles. The molecule has 3 nitrogen and oxygen atoms in total. The molecule has 0 spiro atoms. The molecule has 1 aromatic rings. The van der Waals surface area contributed by atoms with Crippen molar-refractivity contribution >= 4 is 21.6 Å². The van der Waals surface area contributed by atoms with Gasteiger partial charge in [-0.25, -0.2) is 0 Å². The van der Waals surface area contributed by atoms with Crippen molar-refractivity contribution in [1.82, 2.24) is 0 Å². The zero-order valence-electron chi connectivity index (χ0n) is 10.6. The molecular weight excluding hydrogens is 290 g/mol. The molecule has 2 atom stereocenters. The highest BCUT2D eigenvalue weighted by Gasteiger charge is 2.28. The first-order valence-corrected chi connectivity index (χ1v) is 7.13. The number of hydrogen-bond donors (Lipinski definition) is 1. The molecule has 2 unspecified atom stereocenters. The van der Waals surface area contributed by atoms with E-state index in [1.165, 1.54) is 6.42 Å². The van der Waals surface area contributed by atoms with Gasteiger partial charge in [0.05, 0.1) is 11.3 Å². The number of hydrogen-bond acceptors (Lipinski definition) is 3. The van der Waals surface area contributed by atoms with Crippen LogP contribution in [0.2, 0.25) is 0 Å². The van der Waals surface area contributed by atoms with Crippen LogP contribution in [-0.2, 0) is 0 Å². The Balaban J connectivity index is 2.40. The fourth-order valence-electron chi connectivity index (χ4n) is 2.74. The summed E-state index contributed by atoms with van der Waals surface area (Å²) in [6.45, 7) is 3.86. The SMILES string of the molecule is CC1CCCN(c2cc(Br)ccc2C#N)C1CN. The number of anilines is 1. The summed E-state index contributed by atoms with van der Waals surface area (Å²) in [5, 5.41) is 9.24. The van der Waals surface area contributed by atoms with E-state index in [2.05, 4.69) is 33.8 Å². The van der Waals surface area contributed by atoms with Crippen LogP contribution in [0.4, 0.5) is 5.69 Å². The average molecular weight is 308 g/mol. The normalized spacial score (nSPS) is 23.8. The molecule has 2 N–H and O–H groups in total. The number of nitriles is 1. The van der Waals surface area contributed by atoms with Crippen LogP contribution in [0, 0.1) is 17.2 Å². The van der Waals surface area contributed by atoms with E-state index in [0.29, 0.717) is 18.5 Å². The molecule has 1 saturated heterocycles. The second kappa shape index (κ2) is 5.73. The summed E-state index contributed by atoms with van der Waals surface area (Å²) in [5.74, 6) is 0.578. The summed E-state index contributed by atoms with van der Waals surface area (Å²) in [4.78, 5) is 2.30. The topological polar surface area (TPSA) is 53.0 Å². The quantitative estimate of drug-likeness (QED) is 0.914. The Labute approximate surface area is 117 Å². The molecule has 0 radical (unpaired) electrons. The Hall–Kier alpha value is -1.05. The molecule has 1 aliphatic rings. The van der Waals surface area contributed by atoms with Gasteiger partial charge in [0.15, 0.2) is 0 Å². The van der Waals surface area contributed by atoms with Gasteiger partial charge >= 0.3 is 0 Å². The highest BCUT2D eigenvalue weighted by atomic mass is 79.9. The Morgan fingerprint density at radius 2 is 2.33 bits per heavy atom. The van der Waals surface area contributed by atoms with Crippen LogP contribution in [0.25, 0.3) is 0 Å². The summed E-state index contributed by atoms with van der Waals surface area (Å²) in [6, 6.07) is 8.41. The third-order valence-corrected chi connectivity index (χ3v) is 4.24. The minimum absolute atomic E-state index is 0.333. The van der Waals surface area contributed by atoms with Gasteiger partial charge in [-0.1, -0.05) is 22.9 Å². The zero-order valence-corrected chi connectivity index (χ0v) is 12.2. The van der Waals surface area contributed by atoms with Crippen LogP contribution >= 0.6 is 15.9 Å². The number of benzene rings is 1. The van der Waals surface area contributed by atoms with Crippen molar-refractivity contribution in [2.45, 2.75) is 25.8 Å². The van der Waals surface area contributed by atoms with Gasteiger partial charge in [0, 0.05) is 23.6 Å². The summed E-state index contributed by atoms with van der Waals surface area (Å²) in [5.41, 5.74) is 7.65. The molecule has 1 aromatic carbocycles. The maximum atomic E-state index is 9.24. The molecule has 0 aliphatic carbocycles. The van der Waals surface area contributed by atoms with Gasteiger partial charge in [-0.2, -0.15) is 5.26 Å². The summed E-state index contributed by atoms with van der Waals surface area (Å²) in [7, 11) is 0. The van der Waals surface area contributed by atoms with E-state index in [-0.39, 0.29) is 0 Å². The van der Waals surface area contributed by atoms with Crippen molar-refractivity contribution in [3.05, 3.63) is 28.2 Å². The fourth-order valence-corrected chi connectivity index (χ4v) is 3.09. The lowest BCUT2D eigenvalue weighted by atomic mass is 9.90. The van der Waals surface area contributed by atoms with Gasteiger partial charge in [-0.05, 0) is 37.0 Å². The average Bonchev–Trinajstić information content (AvgIpc) is 2.38. The van der Waals surface area contributed by atoms with Gasteiger partial charge in [-0.15, -0.1) is 0 Å². The van der Waals surface area contributed by atoms with Gasteiger partial charge < -0.3 is 10.6 Å². The van der Waals surface area contributed by atoms with Crippen molar-refractivity contribution in [1.29, 1.82) is 5.26 Å². The maximum Gasteiger partial charge on any atom is 0.101 e. The van der Waals surface area contributed by atoms with Crippen LogP contribution < -0.4 is 10.6 Å². The van der Waals surface area contributed by atoms with Crippen LogP contribution in [0.5, 0.6) is 0 Å². The van der Waals surface area contributed by atoms with E-state index < -0.39 is 0 Å². The predicted molar refractivity (Wildman–Crippen MR) is 77.4 cm³/mol. The molecule has 1 aliphatic heterocycles. The van der Waals surface area contributed by atoms with E-state index in [9.17, 15) is 5.26 Å². The van der Waals surface area contributed by atoms with Crippen molar-refractivity contribution < 1.29 is 0 Å². The third kappa shape index (κ3) is 2.52. The molecule has 0 amide bonds. The lowest BCUT2D eigenvalue weighted by Gasteiger charge is -2.41. The van der Waals surface area contributed by atoms with Gasteiger partial charge in [0.2, 0.25) is 0 Å². The minimum Gasteiger partial charge on any atom is -0.366 e. The first-order chi connectivity index (χ1) is 8.67. The van der Waals surface area contributed by atoms with Crippen LogP contribution in [0.3, 0.4) is 0 Å². The largest absolute Gasteiger partial charge is 0.366 e. The smallest absolute Gasteiger partial charge is 0.101 e. The standard InChI is InChI=1S/C14H18BrN3/c1-10-3-2-6-18(14(10)9-17)13-7-12(15)5-4-11(13)8-16/h4-5,7,10,14H,2-3,6,9,17H2,1H3. The minimum atomic E-state index is 0.333. The second-order valence-electron chi connectivity index (χ2n) is 4.89. The highest BCUT2D eigenvalue weighted by Crippen LogP contribution is 2.32. The van der Waals surface area contributed by atoms with E-state index >= 15 is 0 Å². The molecular formula is C14H18BrN3. The van der Waals surface area contributed by atoms with Crippen molar-refractivity contribution in [3.8, 4) is 6.07 Å². The predicted octanol–water partition coefficient (Wildman–Crippen LogP) is 2.88. The molecule has 0 aromatic heterocycles. The molecule has 1 heterocycles. The summed E-state index contributed by atoms with van der Waals surface area (Å²) < 4.78 is 1.01. The number of rotatable bonds is 2. The fraction of sp³-hybridized carbons (Fsp3) is 0.500. The maximum absolute atomic E-state index is 9.24. The first-order valence-electron chi connectivity index (χ1n) is 6.33. The highest BCUT2D eigenvalue weighted by molar-refractivity contribution is 9.10. The van der Waals surface area contributed by atoms with Crippen molar-refractivity contribution in [3.63, 3.8) is 0 Å². The zero-order chi connectivity index (χ0) is 13.1. The summed E-state index contributed by atoms with van der Waals surface area (Å²) in [6.07, 6.45) is 2.38. The number of piperidine rings is 1. The number of halogens is 1. The lowest BCUT2D eigenvalue weighted by molar-refractivity contribution is 0.349. The molecule has 0 bridgehead atoms. The van der Waals surface area contributed by atoms with Crippen molar-refractivity contribution in [2.75, 3.05) is 18.0 Å². The van der Waals surface area contributed by atoms with Crippen LogP contribution in [-0.4, -0.2) is 19.1 Å². The van der Waals surface area contributed by atoms with Gasteiger partial charge in [0.1, 0.15) is 6.07 Å². The Bertz CT molecular complexity index is 467. The second-order valence-corrected chi connectivity index (χ2v) is 5.80. The van der Waals surface area contributed by atoms with E-state index in [1.54, 1.807) is 0 Å². The van der Waals surface area contributed by atoms with Gasteiger partial charge in [-0.3, -0.25) is 0 Å². The molecule has 96 valence electrons. The van der Waals surface area contributed by atoms with Crippen LogP contribution in [0.15, 0.2) is 22.7 Å². The lowest BCUT2D eigenvalue weighted by Crippen LogP contribution is -2.49. The number of nitrogens with zero attached hydrogens (tertiary/aromatic N) is 2. The van der Waals surface area contributed by atoms with E-state index in [0.717, 1.165) is 28.7 Å². The Morgan fingerprint density at radius 1 is 1.56 bits per heavy atom. The molecule has 4 heteroatoms. The molecule has 1 fully saturated rings. The van der Waals surface area contributed by atoms with Crippen molar-refractivity contribution in [2.24, 2.45) is 11.7 Å². The Morgan fingerprint density at radius 3 is 3.00 bits per heavy atom. The molecule has 18 heavy (non-hydrogen) atoms. The summed E-state index contributed by atoms with van der Waals surface area (Å²) >= 11 is 3.48. The molecule has 2 rings (SSSR count). The third-order valence-electron chi connectivity index (χ3n) is 3.75. The monoisotopic (exact) mass is 307 g/mol.